The van der Waals surface area contributed by atoms with Crippen molar-refractivity contribution < 1.29 is 0 Å². The molecule has 180 valence electrons. The second kappa shape index (κ2) is 9.65. The Morgan fingerprint density at radius 1 is 0.474 bits per heavy atom. The molecule has 7 rings (SSSR count). The van der Waals surface area contributed by atoms with Gasteiger partial charge in [0, 0.05) is 0 Å². The summed E-state index contributed by atoms with van der Waals surface area (Å²) in [5.41, 5.74) is 7.61. The molecule has 0 heterocycles. The van der Waals surface area contributed by atoms with Gasteiger partial charge in [-0.1, -0.05) is 134 Å². The fourth-order valence-electron chi connectivity index (χ4n) is 5.84. The van der Waals surface area contributed by atoms with Gasteiger partial charge in [-0.25, -0.2) is 0 Å². The number of rotatable bonds is 4. The summed E-state index contributed by atoms with van der Waals surface area (Å²) in [6.07, 6.45) is 13.5. The quantitative estimate of drug-likeness (QED) is 0.218. The molecule has 0 fully saturated rings. The van der Waals surface area contributed by atoms with Gasteiger partial charge in [-0.05, 0) is 90.7 Å². The van der Waals surface area contributed by atoms with Gasteiger partial charge in [0.25, 0.3) is 0 Å². The van der Waals surface area contributed by atoms with Crippen LogP contribution in [-0.4, -0.2) is 0 Å². The Hall–Kier alpha value is -4.68. The monoisotopic (exact) mass is 484 g/mol. The maximum atomic E-state index is 2.34. The van der Waals surface area contributed by atoms with E-state index in [1.54, 1.807) is 0 Å². The second-order valence-electron chi connectivity index (χ2n) is 10.0. The molecule has 0 saturated carbocycles. The summed E-state index contributed by atoms with van der Waals surface area (Å²) in [6.45, 7) is 0. The maximum Gasteiger partial charge on any atom is -0.00262 e. The Morgan fingerprint density at radius 2 is 1.11 bits per heavy atom. The second-order valence-corrected chi connectivity index (χ2v) is 10.0. The van der Waals surface area contributed by atoms with Gasteiger partial charge in [-0.3, -0.25) is 0 Å². The highest BCUT2D eigenvalue weighted by molar-refractivity contribution is 6.21. The zero-order valence-electron chi connectivity index (χ0n) is 21.3. The third kappa shape index (κ3) is 4.05. The van der Waals surface area contributed by atoms with E-state index in [0.717, 1.165) is 12.8 Å². The van der Waals surface area contributed by atoms with Crippen LogP contribution in [0.1, 0.15) is 18.4 Å². The third-order valence-corrected chi connectivity index (χ3v) is 7.64. The third-order valence-electron chi connectivity index (χ3n) is 7.64. The molecule has 0 radical (unpaired) electrons. The highest BCUT2D eigenvalue weighted by Gasteiger charge is 2.16. The molecule has 0 unspecified atom stereocenters. The lowest BCUT2D eigenvalue weighted by Crippen LogP contribution is -1.91. The zero-order chi connectivity index (χ0) is 25.3. The Kier molecular flexibility index (Phi) is 5.72. The Morgan fingerprint density at radius 3 is 1.76 bits per heavy atom. The highest BCUT2D eigenvalue weighted by Crippen LogP contribution is 2.44. The van der Waals surface area contributed by atoms with E-state index in [1.165, 1.54) is 65.7 Å². The maximum absolute atomic E-state index is 2.34. The fourth-order valence-corrected chi connectivity index (χ4v) is 5.84. The van der Waals surface area contributed by atoms with Crippen LogP contribution in [0.25, 0.3) is 60.6 Å². The van der Waals surface area contributed by atoms with E-state index in [2.05, 4.69) is 146 Å². The zero-order valence-corrected chi connectivity index (χ0v) is 21.3. The molecular weight excluding hydrogens is 456 g/mol. The molecule has 0 spiro atoms. The summed E-state index contributed by atoms with van der Waals surface area (Å²) in [4.78, 5) is 0. The van der Waals surface area contributed by atoms with E-state index < -0.39 is 0 Å². The Bertz CT molecular complexity index is 1860. The summed E-state index contributed by atoms with van der Waals surface area (Å²) >= 11 is 0. The van der Waals surface area contributed by atoms with Gasteiger partial charge < -0.3 is 0 Å². The average Bonchev–Trinajstić information content (AvgIpc) is 2.99. The van der Waals surface area contributed by atoms with Crippen molar-refractivity contribution in [3.8, 4) is 22.3 Å². The lowest BCUT2D eigenvalue weighted by Gasteiger charge is -2.18. The van der Waals surface area contributed by atoms with Crippen molar-refractivity contribution in [2.24, 2.45) is 0 Å². The van der Waals surface area contributed by atoms with E-state index in [1.807, 2.05) is 0 Å². The van der Waals surface area contributed by atoms with Crippen LogP contribution in [0.2, 0.25) is 0 Å². The van der Waals surface area contributed by atoms with Crippen LogP contribution in [0.3, 0.4) is 0 Å². The number of benzene rings is 6. The van der Waals surface area contributed by atoms with Crippen LogP contribution in [0, 0.1) is 0 Å². The van der Waals surface area contributed by atoms with Gasteiger partial charge in [0.1, 0.15) is 0 Å². The van der Waals surface area contributed by atoms with E-state index in [0.29, 0.717) is 0 Å². The normalized spacial score (nSPS) is 13.5. The first-order chi connectivity index (χ1) is 18.8. The Labute approximate surface area is 223 Å². The van der Waals surface area contributed by atoms with Crippen molar-refractivity contribution in [2.45, 2.75) is 12.8 Å². The van der Waals surface area contributed by atoms with Gasteiger partial charge in [-0.15, -0.1) is 0 Å². The molecule has 0 amide bonds. The summed E-state index contributed by atoms with van der Waals surface area (Å²) < 4.78 is 0. The molecule has 0 heteroatoms. The molecule has 0 bridgehead atoms. The van der Waals surface area contributed by atoms with E-state index >= 15 is 0 Å². The topological polar surface area (TPSA) is 0 Å². The Balaban J connectivity index is 1.46. The molecule has 1 aliphatic rings. The van der Waals surface area contributed by atoms with Crippen molar-refractivity contribution in [3.63, 3.8) is 0 Å². The fraction of sp³-hybridized carbons (Fsp3) is 0.0526. The molecule has 0 atom stereocenters. The SMILES string of the molecule is C1=CC(/C=C/c2cccc(-c3c4ccccc4c(-c4ccc5ccccc5c4)c4ccccc34)c2)=CCC1. The van der Waals surface area contributed by atoms with Crippen molar-refractivity contribution in [1.82, 2.24) is 0 Å². The van der Waals surface area contributed by atoms with E-state index in [4.69, 9.17) is 0 Å². The largest absolute Gasteiger partial charge is 0.0836 e. The summed E-state index contributed by atoms with van der Waals surface area (Å²) in [6, 6.07) is 42.2. The van der Waals surface area contributed by atoms with Gasteiger partial charge in [0.2, 0.25) is 0 Å². The minimum absolute atomic E-state index is 1.12. The molecule has 0 N–H and O–H groups in total. The van der Waals surface area contributed by atoms with Crippen molar-refractivity contribution in [1.29, 1.82) is 0 Å². The molecule has 6 aromatic rings. The lowest BCUT2D eigenvalue weighted by molar-refractivity contribution is 1.03. The van der Waals surface area contributed by atoms with Crippen LogP contribution in [-0.2, 0) is 0 Å². The van der Waals surface area contributed by atoms with Crippen LogP contribution < -0.4 is 0 Å². The molecule has 6 aromatic carbocycles. The first kappa shape index (κ1) is 22.5. The van der Waals surface area contributed by atoms with Crippen LogP contribution >= 0.6 is 0 Å². The van der Waals surface area contributed by atoms with Crippen molar-refractivity contribution in [3.05, 3.63) is 151 Å². The summed E-state index contributed by atoms with van der Waals surface area (Å²) in [5, 5.41) is 7.68. The molecule has 0 saturated heterocycles. The molecule has 0 nitrogen and oxygen atoms in total. The number of fused-ring (bicyclic) bond motifs is 3. The summed E-state index contributed by atoms with van der Waals surface area (Å²) in [7, 11) is 0. The molecule has 1 aliphatic carbocycles. The predicted octanol–water partition coefficient (Wildman–Crippen LogP) is 10.8. The van der Waals surface area contributed by atoms with Crippen molar-refractivity contribution in [2.75, 3.05) is 0 Å². The molecule has 0 aromatic heterocycles. The van der Waals surface area contributed by atoms with Gasteiger partial charge >= 0.3 is 0 Å². The minimum atomic E-state index is 1.12. The lowest BCUT2D eigenvalue weighted by atomic mass is 9.85. The van der Waals surface area contributed by atoms with Crippen LogP contribution in [0.4, 0.5) is 0 Å². The molecule has 0 aliphatic heterocycles. The minimum Gasteiger partial charge on any atom is -0.0836 e. The van der Waals surface area contributed by atoms with E-state index in [9.17, 15) is 0 Å². The smallest absolute Gasteiger partial charge is 0.00262 e. The number of hydrogen-bond donors (Lipinski definition) is 0. The highest BCUT2D eigenvalue weighted by atomic mass is 14.2. The number of hydrogen-bond acceptors (Lipinski definition) is 0. The molecular formula is C38H28. The standard InChI is InChI=1S/C38H28/c1-2-11-27(12-3-1)21-22-28-13-10-16-31(25-28)37-33-17-6-8-19-35(33)38(36-20-9-7-18-34(36)37)32-24-23-29-14-4-5-15-30(29)26-32/h2,4-26H,1,3H2/b22-21+. The number of allylic oxidation sites excluding steroid dienone is 5. The van der Waals surface area contributed by atoms with Crippen molar-refractivity contribution >= 4 is 38.4 Å². The van der Waals surface area contributed by atoms with E-state index in [-0.39, 0.29) is 0 Å². The predicted molar refractivity (Wildman–Crippen MR) is 165 cm³/mol. The summed E-state index contributed by atoms with van der Waals surface area (Å²) in [5.74, 6) is 0. The van der Waals surface area contributed by atoms with Gasteiger partial charge in [0.15, 0.2) is 0 Å². The first-order valence-corrected chi connectivity index (χ1v) is 13.4. The van der Waals surface area contributed by atoms with Crippen LogP contribution in [0.15, 0.2) is 145 Å². The van der Waals surface area contributed by atoms with Crippen LogP contribution in [0.5, 0.6) is 0 Å². The first-order valence-electron chi connectivity index (χ1n) is 13.4. The molecule has 38 heavy (non-hydrogen) atoms. The van der Waals surface area contributed by atoms with Gasteiger partial charge in [-0.2, -0.15) is 0 Å². The van der Waals surface area contributed by atoms with Gasteiger partial charge in [0.05, 0.1) is 0 Å². The average molecular weight is 485 g/mol.